The molecule has 0 bridgehead atoms. The van der Waals surface area contributed by atoms with Gasteiger partial charge in [-0.2, -0.15) is 5.10 Å². The zero-order chi connectivity index (χ0) is 11.9. The minimum Gasteiger partial charge on any atom is -0.476 e. The van der Waals surface area contributed by atoms with Crippen LogP contribution in [0.25, 0.3) is 5.65 Å². The maximum atomic E-state index is 11.3. The smallest absolute Gasteiger partial charge is 0.354 e. The third-order valence-electron chi connectivity index (χ3n) is 2.46. The lowest BCUT2D eigenvalue weighted by atomic mass is 10.0. The number of hydrogen-bond donors (Lipinski definition) is 1. The molecule has 0 radical (unpaired) electrons. The molecule has 2 rings (SSSR count). The molecule has 0 aliphatic rings. The Hall–Kier alpha value is -1.91. The van der Waals surface area contributed by atoms with Crippen LogP contribution in [0.5, 0.6) is 0 Å². The van der Waals surface area contributed by atoms with Gasteiger partial charge in [-0.25, -0.2) is 14.3 Å². The second-order valence-corrected chi connectivity index (χ2v) is 4.08. The molecule has 2 aromatic heterocycles. The van der Waals surface area contributed by atoms with Gasteiger partial charge in [0.25, 0.3) is 0 Å². The van der Waals surface area contributed by atoms with E-state index in [1.54, 1.807) is 12.3 Å². The molecular weight excluding hydrogens is 206 g/mol. The second-order valence-electron chi connectivity index (χ2n) is 4.08. The molecule has 0 atom stereocenters. The first-order valence-electron chi connectivity index (χ1n) is 5.09. The van der Waals surface area contributed by atoms with Crippen LogP contribution < -0.4 is 0 Å². The molecule has 0 saturated heterocycles. The molecule has 0 amide bonds. The number of carboxylic acid groups (broad SMARTS) is 1. The summed E-state index contributed by atoms with van der Waals surface area (Å²) in [4.78, 5) is 15.5. The number of aromatic nitrogens is 3. The summed E-state index contributed by atoms with van der Waals surface area (Å²) >= 11 is 0. The van der Waals surface area contributed by atoms with Gasteiger partial charge < -0.3 is 5.11 Å². The van der Waals surface area contributed by atoms with Gasteiger partial charge in [0.1, 0.15) is 0 Å². The Morgan fingerprint density at radius 2 is 2.19 bits per heavy atom. The van der Waals surface area contributed by atoms with E-state index in [4.69, 9.17) is 0 Å². The van der Waals surface area contributed by atoms with Crippen molar-refractivity contribution in [1.29, 1.82) is 0 Å². The molecule has 0 aliphatic heterocycles. The Kier molecular flexibility index (Phi) is 2.38. The van der Waals surface area contributed by atoms with Crippen molar-refractivity contribution >= 4 is 11.6 Å². The highest BCUT2D eigenvalue weighted by Gasteiger charge is 2.18. The standard InChI is InChI=1S/C11H13N3O2/c1-6(2)8-5-12-9-4-7(3)13-14(9)10(8)11(15)16/h4-6H,1-3H3,(H,15,16). The van der Waals surface area contributed by atoms with Gasteiger partial charge in [0.15, 0.2) is 11.3 Å². The quantitative estimate of drug-likeness (QED) is 0.837. The highest BCUT2D eigenvalue weighted by molar-refractivity contribution is 5.88. The van der Waals surface area contributed by atoms with Crippen molar-refractivity contribution in [3.8, 4) is 0 Å². The first kappa shape index (κ1) is 10.6. The minimum absolute atomic E-state index is 0.104. The van der Waals surface area contributed by atoms with E-state index >= 15 is 0 Å². The van der Waals surface area contributed by atoms with Crippen molar-refractivity contribution in [1.82, 2.24) is 14.6 Å². The van der Waals surface area contributed by atoms with E-state index in [0.717, 1.165) is 5.69 Å². The Bertz CT molecular complexity index is 558. The van der Waals surface area contributed by atoms with Gasteiger partial charge in [-0.15, -0.1) is 0 Å². The first-order valence-corrected chi connectivity index (χ1v) is 5.09. The third kappa shape index (κ3) is 1.54. The summed E-state index contributed by atoms with van der Waals surface area (Å²) in [6.07, 6.45) is 1.62. The average molecular weight is 219 g/mol. The normalized spacial score (nSPS) is 11.2. The van der Waals surface area contributed by atoms with Gasteiger partial charge in [-0.3, -0.25) is 0 Å². The molecule has 2 aromatic rings. The number of hydrogen-bond acceptors (Lipinski definition) is 3. The summed E-state index contributed by atoms with van der Waals surface area (Å²) in [6.45, 7) is 5.69. The summed E-state index contributed by atoms with van der Waals surface area (Å²) in [5, 5.41) is 13.4. The summed E-state index contributed by atoms with van der Waals surface area (Å²) < 4.78 is 1.40. The van der Waals surface area contributed by atoms with E-state index in [-0.39, 0.29) is 11.6 Å². The highest BCUT2D eigenvalue weighted by Crippen LogP contribution is 2.19. The van der Waals surface area contributed by atoms with Crippen LogP contribution in [0, 0.1) is 6.92 Å². The molecular formula is C11H13N3O2. The predicted molar refractivity (Wildman–Crippen MR) is 58.8 cm³/mol. The lowest BCUT2D eigenvalue weighted by Crippen LogP contribution is -2.12. The topological polar surface area (TPSA) is 67.5 Å². The van der Waals surface area contributed by atoms with E-state index in [0.29, 0.717) is 11.2 Å². The summed E-state index contributed by atoms with van der Waals surface area (Å²) in [5.41, 5.74) is 2.23. The van der Waals surface area contributed by atoms with Gasteiger partial charge in [-0.05, 0) is 12.8 Å². The van der Waals surface area contributed by atoms with E-state index in [1.165, 1.54) is 4.52 Å². The molecule has 1 N–H and O–H groups in total. The molecule has 16 heavy (non-hydrogen) atoms. The molecule has 0 unspecified atom stereocenters. The fourth-order valence-electron chi connectivity index (χ4n) is 1.70. The number of aromatic carboxylic acids is 1. The Morgan fingerprint density at radius 3 is 2.75 bits per heavy atom. The monoisotopic (exact) mass is 219 g/mol. The van der Waals surface area contributed by atoms with Gasteiger partial charge in [0.2, 0.25) is 0 Å². The Labute approximate surface area is 92.7 Å². The Morgan fingerprint density at radius 1 is 1.50 bits per heavy atom. The summed E-state index contributed by atoms with van der Waals surface area (Å²) in [7, 11) is 0. The average Bonchev–Trinajstić information content (AvgIpc) is 2.55. The number of nitrogens with zero attached hydrogens (tertiary/aromatic N) is 3. The molecule has 84 valence electrons. The third-order valence-corrected chi connectivity index (χ3v) is 2.46. The molecule has 0 fully saturated rings. The van der Waals surface area contributed by atoms with Crippen LogP contribution in [0.15, 0.2) is 12.3 Å². The predicted octanol–water partition coefficient (Wildman–Crippen LogP) is 1.86. The van der Waals surface area contributed by atoms with Gasteiger partial charge in [-0.1, -0.05) is 13.8 Å². The van der Waals surface area contributed by atoms with Crippen LogP contribution in [0.1, 0.15) is 41.5 Å². The van der Waals surface area contributed by atoms with Crippen LogP contribution in [-0.4, -0.2) is 25.7 Å². The summed E-state index contributed by atoms with van der Waals surface area (Å²) in [5.74, 6) is -0.869. The minimum atomic E-state index is -0.973. The SMILES string of the molecule is Cc1cc2ncc(C(C)C)c(C(=O)O)n2n1. The molecule has 5 heteroatoms. The van der Waals surface area contributed by atoms with Gasteiger partial charge >= 0.3 is 5.97 Å². The van der Waals surface area contributed by atoms with Crippen LogP contribution in [-0.2, 0) is 0 Å². The van der Waals surface area contributed by atoms with Crippen molar-refractivity contribution in [3.05, 3.63) is 29.2 Å². The van der Waals surface area contributed by atoms with Crippen molar-refractivity contribution in [2.45, 2.75) is 26.7 Å². The van der Waals surface area contributed by atoms with Crippen molar-refractivity contribution in [2.75, 3.05) is 0 Å². The first-order chi connectivity index (χ1) is 7.50. The fraction of sp³-hybridized carbons (Fsp3) is 0.364. The molecule has 0 saturated carbocycles. The molecule has 0 aliphatic carbocycles. The van der Waals surface area contributed by atoms with Crippen LogP contribution in [0.2, 0.25) is 0 Å². The number of carbonyl (C=O) groups is 1. The van der Waals surface area contributed by atoms with E-state index in [2.05, 4.69) is 10.1 Å². The molecule has 0 spiro atoms. The van der Waals surface area contributed by atoms with Crippen LogP contribution in [0.3, 0.4) is 0 Å². The number of rotatable bonds is 2. The lowest BCUT2D eigenvalue weighted by Gasteiger charge is -2.09. The summed E-state index contributed by atoms with van der Waals surface area (Å²) in [6, 6.07) is 1.76. The maximum absolute atomic E-state index is 11.3. The molecule has 2 heterocycles. The van der Waals surface area contributed by atoms with Gasteiger partial charge in [0.05, 0.1) is 5.69 Å². The Balaban J connectivity index is 2.83. The second kappa shape index (κ2) is 3.59. The molecule has 5 nitrogen and oxygen atoms in total. The zero-order valence-corrected chi connectivity index (χ0v) is 9.43. The largest absolute Gasteiger partial charge is 0.476 e. The number of aryl methyl sites for hydroxylation is 1. The van der Waals surface area contributed by atoms with Gasteiger partial charge in [0, 0.05) is 17.8 Å². The maximum Gasteiger partial charge on any atom is 0.354 e. The van der Waals surface area contributed by atoms with E-state index in [9.17, 15) is 9.90 Å². The van der Waals surface area contributed by atoms with E-state index < -0.39 is 5.97 Å². The van der Waals surface area contributed by atoms with Crippen molar-refractivity contribution in [2.24, 2.45) is 0 Å². The zero-order valence-electron chi connectivity index (χ0n) is 9.43. The van der Waals surface area contributed by atoms with Crippen LogP contribution in [0.4, 0.5) is 0 Å². The fourth-order valence-corrected chi connectivity index (χ4v) is 1.70. The number of fused-ring (bicyclic) bond motifs is 1. The lowest BCUT2D eigenvalue weighted by molar-refractivity contribution is 0.0685. The van der Waals surface area contributed by atoms with Crippen molar-refractivity contribution < 1.29 is 9.90 Å². The van der Waals surface area contributed by atoms with Crippen molar-refractivity contribution in [3.63, 3.8) is 0 Å². The molecule has 0 aromatic carbocycles. The van der Waals surface area contributed by atoms with E-state index in [1.807, 2.05) is 20.8 Å². The highest BCUT2D eigenvalue weighted by atomic mass is 16.4. The number of carboxylic acids is 1. The van der Waals surface area contributed by atoms with Crippen LogP contribution >= 0.6 is 0 Å².